The molecule has 1 N–H and O–H groups in total. The van der Waals surface area contributed by atoms with Crippen molar-refractivity contribution in [3.05, 3.63) is 104 Å². The van der Waals surface area contributed by atoms with Gasteiger partial charge in [0.1, 0.15) is 11.5 Å². The lowest BCUT2D eigenvalue weighted by Crippen LogP contribution is -2.29. The largest absolute Gasteiger partial charge is 0.349 e. The molecular weight excluding hydrogens is 489 g/mol. The quantitative estimate of drug-likeness (QED) is 0.342. The predicted molar refractivity (Wildman–Crippen MR) is 143 cm³/mol. The summed E-state index contributed by atoms with van der Waals surface area (Å²) in [6.45, 7) is 7.43. The monoisotopic (exact) mass is 515 g/mol. The highest BCUT2D eigenvalue weighted by Gasteiger charge is 2.21. The highest BCUT2D eigenvalue weighted by atomic mass is 32.1. The molecule has 0 fully saturated rings. The first-order chi connectivity index (χ1) is 17.7. The van der Waals surface area contributed by atoms with E-state index in [4.69, 9.17) is 0 Å². The zero-order valence-electron chi connectivity index (χ0n) is 20.9. The van der Waals surface area contributed by atoms with Crippen molar-refractivity contribution in [2.75, 3.05) is 0 Å². The van der Waals surface area contributed by atoms with Crippen LogP contribution in [0.1, 0.15) is 41.2 Å². The maximum absolute atomic E-state index is 13.9. The van der Waals surface area contributed by atoms with Crippen molar-refractivity contribution < 1.29 is 9.18 Å². The van der Waals surface area contributed by atoms with Crippen LogP contribution in [0.2, 0.25) is 0 Å². The number of thiazole rings is 1. The normalized spacial score (nSPS) is 12.1. The zero-order valence-corrected chi connectivity index (χ0v) is 21.8. The van der Waals surface area contributed by atoms with Gasteiger partial charge in [-0.3, -0.25) is 14.0 Å². The van der Waals surface area contributed by atoms with Gasteiger partial charge in [0.25, 0.3) is 5.56 Å². The molecule has 5 rings (SSSR count). The van der Waals surface area contributed by atoms with E-state index < -0.39 is 0 Å². The van der Waals surface area contributed by atoms with Crippen molar-refractivity contribution in [2.24, 2.45) is 0 Å². The molecule has 0 aliphatic rings. The van der Waals surface area contributed by atoms with Gasteiger partial charge in [0, 0.05) is 16.8 Å². The third kappa shape index (κ3) is 4.70. The third-order valence-corrected chi connectivity index (χ3v) is 7.26. The van der Waals surface area contributed by atoms with Gasteiger partial charge < -0.3 is 5.32 Å². The number of rotatable bonds is 6. The molecule has 9 heteroatoms. The summed E-state index contributed by atoms with van der Waals surface area (Å²) in [6.07, 6.45) is 0.0389. The summed E-state index contributed by atoms with van der Waals surface area (Å²) in [5.41, 5.74) is 4.84. The van der Waals surface area contributed by atoms with Crippen LogP contribution in [-0.2, 0) is 11.2 Å². The highest BCUT2D eigenvalue weighted by Crippen LogP contribution is 2.25. The Labute approximate surface area is 217 Å². The molecule has 7 nitrogen and oxygen atoms in total. The molecule has 0 aliphatic carbocycles. The number of hydrogen-bond donors (Lipinski definition) is 1. The highest BCUT2D eigenvalue weighted by molar-refractivity contribution is 7.15. The van der Waals surface area contributed by atoms with Crippen molar-refractivity contribution >= 4 is 22.2 Å². The minimum atomic E-state index is -0.362. The van der Waals surface area contributed by atoms with Gasteiger partial charge in [0.15, 0.2) is 4.96 Å². The predicted octanol–water partition coefficient (Wildman–Crippen LogP) is 5.09. The summed E-state index contributed by atoms with van der Waals surface area (Å²) in [6, 6.07) is 15.9. The van der Waals surface area contributed by atoms with Gasteiger partial charge in [-0.15, -0.1) is 11.3 Å². The fourth-order valence-electron chi connectivity index (χ4n) is 4.46. The van der Waals surface area contributed by atoms with E-state index in [9.17, 15) is 14.0 Å². The summed E-state index contributed by atoms with van der Waals surface area (Å²) in [5, 5.41) is 9.44. The minimum absolute atomic E-state index is 0.0389. The van der Waals surface area contributed by atoms with Crippen LogP contribution in [0.15, 0.2) is 64.8 Å². The zero-order chi connectivity index (χ0) is 26.3. The van der Waals surface area contributed by atoms with E-state index in [-0.39, 0.29) is 29.7 Å². The summed E-state index contributed by atoms with van der Waals surface area (Å²) < 4.78 is 17.1. The second-order valence-corrected chi connectivity index (χ2v) is 9.95. The molecule has 0 spiro atoms. The number of halogens is 1. The smallest absolute Gasteiger partial charge is 0.268 e. The van der Waals surface area contributed by atoms with Gasteiger partial charge in [-0.1, -0.05) is 36.4 Å². The molecule has 1 atom stereocenters. The number of fused-ring (bicyclic) bond motifs is 1. The Hall–Kier alpha value is -4.11. The van der Waals surface area contributed by atoms with Crippen LogP contribution < -0.4 is 10.9 Å². The van der Waals surface area contributed by atoms with Crippen molar-refractivity contribution in [2.45, 2.75) is 40.2 Å². The van der Waals surface area contributed by atoms with Crippen LogP contribution in [0, 0.1) is 26.6 Å². The molecule has 3 heterocycles. The van der Waals surface area contributed by atoms with Crippen LogP contribution in [-0.4, -0.2) is 25.1 Å². The molecule has 1 amide bonds. The van der Waals surface area contributed by atoms with Crippen molar-refractivity contribution in [1.29, 1.82) is 0 Å². The Bertz CT molecular complexity index is 1690. The summed E-state index contributed by atoms with van der Waals surface area (Å²) in [5.74, 6) is -0.550. The molecule has 0 saturated heterocycles. The Kier molecular flexibility index (Phi) is 6.47. The Morgan fingerprint density at radius 3 is 2.62 bits per heavy atom. The molecule has 0 bridgehead atoms. The fourth-order valence-corrected chi connectivity index (χ4v) is 5.38. The van der Waals surface area contributed by atoms with E-state index in [1.165, 1.54) is 27.9 Å². The van der Waals surface area contributed by atoms with Crippen molar-refractivity contribution in [3.63, 3.8) is 0 Å². The number of aryl methyl sites for hydroxylation is 3. The molecular formula is C28H26FN5O2S. The number of carbonyl (C=O) groups is 1. The molecule has 0 aliphatic heterocycles. The van der Waals surface area contributed by atoms with E-state index in [0.717, 1.165) is 16.8 Å². The Balaban J connectivity index is 1.50. The van der Waals surface area contributed by atoms with Crippen LogP contribution in [0.5, 0.6) is 0 Å². The van der Waals surface area contributed by atoms with E-state index in [1.807, 2.05) is 51.1 Å². The number of amides is 1. The number of nitrogens with zero attached hydrogens (tertiary/aromatic N) is 4. The molecule has 0 saturated carbocycles. The van der Waals surface area contributed by atoms with E-state index >= 15 is 0 Å². The van der Waals surface area contributed by atoms with Crippen LogP contribution in [0.4, 0.5) is 4.39 Å². The first-order valence-electron chi connectivity index (χ1n) is 11.9. The van der Waals surface area contributed by atoms with E-state index in [1.54, 1.807) is 29.1 Å². The SMILES string of the molecule is Cc1ccc(F)cc1-n1nc(-c2c(C)nc3scc(CC(=O)N[C@H](C)c4ccccc4)n3c2=O)cc1C. The van der Waals surface area contributed by atoms with Gasteiger partial charge in [-0.25, -0.2) is 14.1 Å². The molecule has 2 aromatic carbocycles. The molecule has 3 aromatic heterocycles. The fraction of sp³-hybridized carbons (Fsp3) is 0.214. The van der Waals surface area contributed by atoms with Crippen molar-refractivity contribution in [1.82, 2.24) is 24.5 Å². The Morgan fingerprint density at radius 2 is 1.86 bits per heavy atom. The molecule has 0 radical (unpaired) electrons. The summed E-state index contributed by atoms with van der Waals surface area (Å²) in [4.78, 5) is 31.7. The van der Waals surface area contributed by atoms with Gasteiger partial charge in [0.05, 0.1) is 29.4 Å². The number of aromatic nitrogens is 4. The number of hydrogen-bond acceptors (Lipinski definition) is 5. The third-order valence-electron chi connectivity index (χ3n) is 6.38. The number of nitrogens with one attached hydrogen (secondary N) is 1. The van der Waals surface area contributed by atoms with E-state index in [2.05, 4.69) is 15.4 Å². The van der Waals surface area contributed by atoms with Gasteiger partial charge in [-0.2, -0.15) is 5.10 Å². The topological polar surface area (TPSA) is 81.3 Å². The van der Waals surface area contributed by atoms with Crippen LogP contribution in [0.25, 0.3) is 21.9 Å². The van der Waals surface area contributed by atoms with Crippen LogP contribution >= 0.6 is 11.3 Å². The first-order valence-corrected chi connectivity index (χ1v) is 12.8. The minimum Gasteiger partial charge on any atom is -0.349 e. The van der Waals surface area contributed by atoms with E-state index in [0.29, 0.717) is 33.3 Å². The lowest BCUT2D eigenvalue weighted by Gasteiger charge is -2.14. The van der Waals surface area contributed by atoms with Crippen LogP contribution in [0.3, 0.4) is 0 Å². The van der Waals surface area contributed by atoms with Gasteiger partial charge in [-0.05, 0) is 57.0 Å². The molecule has 0 unspecified atom stereocenters. The summed E-state index contributed by atoms with van der Waals surface area (Å²) >= 11 is 1.32. The molecule has 188 valence electrons. The lowest BCUT2D eigenvalue weighted by atomic mass is 10.1. The van der Waals surface area contributed by atoms with Gasteiger partial charge in [0.2, 0.25) is 5.91 Å². The first kappa shape index (κ1) is 24.6. The number of carbonyl (C=O) groups excluding carboxylic acids is 1. The Morgan fingerprint density at radius 1 is 1.11 bits per heavy atom. The maximum Gasteiger partial charge on any atom is 0.268 e. The average Bonchev–Trinajstić information content (AvgIpc) is 3.44. The van der Waals surface area contributed by atoms with Gasteiger partial charge >= 0.3 is 0 Å². The average molecular weight is 516 g/mol. The molecule has 37 heavy (non-hydrogen) atoms. The maximum atomic E-state index is 13.9. The lowest BCUT2D eigenvalue weighted by molar-refractivity contribution is -0.121. The number of benzene rings is 2. The summed E-state index contributed by atoms with van der Waals surface area (Å²) in [7, 11) is 0. The second kappa shape index (κ2) is 9.74. The van der Waals surface area contributed by atoms with Crippen molar-refractivity contribution in [3.8, 4) is 16.9 Å². The standard InChI is InChI=1S/C28H26FN5O2S/c1-16-10-11-21(29)13-24(16)34-17(2)12-23(32-34)26-19(4)31-28-33(27(26)36)22(15-37-28)14-25(35)30-18(3)20-8-6-5-7-9-20/h5-13,15,18H,14H2,1-4H3,(H,30,35)/t18-/m1/s1. The second-order valence-electron chi connectivity index (χ2n) is 9.11. The molecule has 5 aromatic rings.